The van der Waals surface area contributed by atoms with E-state index in [1.807, 2.05) is 0 Å². The standard InChI is InChI=1S/C15H23N3.HI/c1-10(2)9-17-15(16)18-14-8-13(14)12-7-5-4-6-11(12)3;/h4-7,10,13-14H,8-9H2,1-3H3,(H3,16,17,18);1H. The highest BCUT2D eigenvalue weighted by atomic mass is 127. The van der Waals surface area contributed by atoms with E-state index in [9.17, 15) is 0 Å². The molecule has 2 unspecified atom stereocenters. The first-order chi connectivity index (χ1) is 8.58. The van der Waals surface area contributed by atoms with Crippen molar-refractivity contribution in [2.75, 3.05) is 6.54 Å². The Bertz CT molecular complexity index is 443. The van der Waals surface area contributed by atoms with E-state index < -0.39 is 0 Å². The van der Waals surface area contributed by atoms with Crippen molar-refractivity contribution in [3.8, 4) is 0 Å². The van der Waals surface area contributed by atoms with E-state index in [0.717, 1.165) is 13.0 Å². The highest BCUT2D eigenvalue weighted by Gasteiger charge is 2.39. The van der Waals surface area contributed by atoms with E-state index in [1.54, 1.807) is 0 Å². The summed E-state index contributed by atoms with van der Waals surface area (Å²) in [7, 11) is 0. The Labute approximate surface area is 133 Å². The monoisotopic (exact) mass is 373 g/mol. The van der Waals surface area contributed by atoms with Crippen LogP contribution in [-0.2, 0) is 0 Å². The minimum absolute atomic E-state index is 0. The summed E-state index contributed by atoms with van der Waals surface area (Å²) in [5.74, 6) is 1.74. The number of aliphatic imine (C=N–C) groups is 1. The molecule has 4 heteroatoms. The van der Waals surface area contributed by atoms with Crippen molar-refractivity contribution in [2.24, 2.45) is 16.6 Å². The highest BCUT2D eigenvalue weighted by molar-refractivity contribution is 14.0. The minimum Gasteiger partial charge on any atom is -0.370 e. The number of aryl methyl sites for hydroxylation is 1. The van der Waals surface area contributed by atoms with Crippen LogP contribution in [-0.4, -0.2) is 18.5 Å². The summed E-state index contributed by atoms with van der Waals surface area (Å²) in [5, 5.41) is 3.31. The van der Waals surface area contributed by atoms with Gasteiger partial charge in [-0.25, -0.2) is 0 Å². The number of nitrogens with zero attached hydrogens (tertiary/aromatic N) is 1. The summed E-state index contributed by atoms with van der Waals surface area (Å²) in [5.41, 5.74) is 8.68. The third-order valence-corrected chi connectivity index (χ3v) is 3.34. The van der Waals surface area contributed by atoms with Crippen molar-refractivity contribution in [1.29, 1.82) is 0 Å². The molecule has 0 amide bonds. The number of halogens is 1. The second-order valence-corrected chi connectivity index (χ2v) is 5.57. The van der Waals surface area contributed by atoms with Crippen LogP contribution in [0.1, 0.15) is 37.3 Å². The zero-order chi connectivity index (χ0) is 13.1. The van der Waals surface area contributed by atoms with E-state index in [2.05, 4.69) is 55.3 Å². The molecule has 106 valence electrons. The van der Waals surface area contributed by atoms with Gasteiger partial charge in [0.2, 0.25) is 0 Å². The largest absolute Gasteiger partial charge is 0.370 e. The predicted molar refractivity (Wildman–Crippen MR) is 92.2 cm³/mol. The minimum atomic E-state index is 0. The normalized spacial score (nSPS) is 22.0. The molecule has 0 aliphatic heterocycles. The van der Waals surface area contributed by atoms with Gasteiger partial charge in [0.25, 0.3) is 0 Å². The molecule has 0 bridgehead atoms. The summed E-state index contributed by atoms with van der Waals surface area (Å²) in [4.78, 5) is 4.34. The number of hydrogen-bond acceptors (Lipinski definition) is 1. The molecule has 0 aromatic heterocycles. The third-order valence-electron chi connectivity index (χ3n) is 3.34. The van der Waals surface area contributed by atoms with Crippen LogP contribution in [0.5, 0.6) is 0 Å². The molecule has 3 nitrogen and oxygen atoms in total. The molecule has 1 aromatic rings. The van der Waals surface area contributed by atoms with Gasteiger partial charge in [-0.1, -0.05) is 38.1 Å². The van der Waals surface area contributed by atoms with Gasteiger partial charge in [-0.05, 0) is 30.4 Å². The molecule has 3 N–H and O–H groups in total. The van der Waals surface area contributed by atoms with Gasteiger partial charge in [-0.3, -0.25) is 4.99 Å². The van der Waals surface area contributed by atoms with E-state index in [0.29, 0.717) is 23.8 Å². The first-order valence-corrected chi connectivity index (χ1v) is 6.70. The third kappa shape index (κ3) is 4.67. The summed E-state index contributed by atoms with van der Waals surface area (Å²) < 4.78 is 0. The van der Waals surface area contributed by atoms with Crippen LogP contribution in [0, 0.1) is 12.8 Å². The molecule has 0 heterocycles. The molecule has 0 saturated heterocycles. The van der Waals surface area contributed by atoms with Crippen LogP contribution in [0.2, 0.25) is 0 Å². The molecule has 2 atom stereocenters. The van der Waals surface area contributed by atoms with Crippen LogP contribution in [0.3, 0.4) is 0 Å². The molecule has 1 aliphatic carbocycles. The maximum Gasteiger partial charge on any atom is 0.188 e. The van der Waals surface area contributed by atoms with Gasteiger partial charge in [-0.15, -0.1) is 24.0 Å². The molecule has 1 saturated carbocycles. The summed E-state index contributed by atoms with van der Waals surface area (Å²) >= 11 is 0. The molecule has 0 spiro atoms. The Hall–Kier alpha value is -0.780. The van der Waals surface area contributed by atoms with Crippen molar-refractivity contribution < 1.29 is 0 Å². The van der Waals surface area contributed by atoms with Crippen LogP contribution in [0.4, 0.5) is 0 Å². The maximum absolute atomic E-state index is 5.88. The Balaban J connectivity index is 0.00000180. The number of hydrogen-bond donors (Lipinski definition) is 2. The maximum atomic E-state index is 5.88. The van der Waals surface area contributed by atoms with Gasteiger partial charge in [0.1, 0.15) is 0 Å². The first kappa shape index (κ1) is 16.3. The highest BCUT2D eigenvalue weighted by Crippen LogP contribution is 2.41. The van der Waals surface area contributed by atoms with Crippen molar-refractivity contribution in [1.82, 2.24) is 5.32 Å². The zero-order valence-electron chi connectivity index (χ0n) is 11.9. The Kier molecular flexibility index (Phi) is 6.10. The number of nitrogens with one attached hydrogen (secondary N) is 1. The van der Waals surface area contributed by atoms with Crippen LogP contribution < -0.4 is 11.1 Å². The fourth-order valence-corrected chi connectivity index (χ4v) is 2.22. The number of guanidine groups is 1. The summed E-state index contributed by atoms with van der Waals surface area (Å²) in [6, 6.07) is 9.03. The smallest absolute Gasteiger partial charge is 0.188 e. The fourth-order valence-electron chi connectivity index (χ4n) is 2.22. The topological polar surface area (TPSA) is 50.4 Å². The molecule has 0 radical (unpaired) electrons. The lowest BCUT2D eigenvalue weighted by Gasteiger charge is -2.08. The average molecular weight is 373 g/mol. The van der Waals surface area contributed by atoms with E-state index >= 15 is 0 Å². The van der Waals surface area contributed by atoms with E-state index in [1.165, 1.54) is 11.1 Å². The quantitative estimate of drug-likeness (QED) is 0.484. The average Bonchev–Trinajstić information content (AvgIpc) is 3.06. The van der Waals surface area contributed by atoms with E-state index in [-0.39, 0.29) is 24.0 Å². The van der Waals surface area contributed by atoms with Crippen molar-refractivity contribution in [2.45, 2.75) is 39.2 Å². The number of nitrogens with two attached hydrogens (primary N) is 1. The second kappa shape index (κ2) is 7.12. The van der Waals surface area contributed by atoms with Crippen molar-refractivity contribution in [3.05, 3.63) is 35.4 Å². The number of rotatable bonds is 4. The van der Waals surface area contributed by atoms with Gasteiger partial charge in [0, 0.05) is 18.5 Å². The van der Waals surface area contributed by atoms with Gasteiger partial charge in [0.15, 0.2) is 5.96 Å². The van der Waals surface area contributed by atoms with Gasteiger partial charge in [-0.2, -0.15) is 0 Å². The first-order valence-electron chi connectivity index (χ1n) is 6.70. The molecule has 2 rings (SSSR count). The molecular weight excluding hydrogens is 349 g/mol. The van der Waals surface area contributed by atoms with Crippen LogP contribution in [0.15, 0.2) is 29.3 Å². The van der Waals surface area contributed by atoms with Crippen molar-refractivity contribution >= 4 is 29.9 Å². The van der Waals surface area contributed by atoms with Gasteiger partial charge < -0.3 is 11.1 Å². The van der Waals surface area contributed by atoms with Crippen LogP contribution in [0.25, 0.3) is 0 Å². The second-order valence-electron chi connectivity index (χ2n) is 5.57. The molecular formula is C15H24IN3. The van der Waals surface area contributed by atoms with Crippen LogP contribution >= 0.6 is 24.0 Å². The number of benzene rings is 1. The Morgan fingerprint density at radius 3 is 2.74 bits per heavy atom. The molecule has 1 aromatic carbocycles. The zero-order valence-corrected chi connectivity index (χ0v) is 14.2. The fraction of sp³-hybridized carbons (Fsp3) is 0.533. The predicted octanol–water partition coefficient (Wildman–Crippen LogP) is 3.03. The SMILES string of the molecule is Cc1ccccc1C1CC1NC(N)=NCC(C)C.I. The molecule has 19 heavy (non-hydrogen) atoms. The summed E-state index contributed by atoms with van der Waals surface area (Å²) in [6.07, 6.45) is 1.16. The van der Waals surface area contributed by atoms with Crippen molar-refractivity contribution in [3.63, 3.8) is 0 Å². The summed E-state index contributed by atoms with van der Waals surface area (Å²) in [6.45, 7) is 7.25. The Morgan fingerprint density at radius 1 is 1.42 bits per heavy atom. The van der Waals surface area contributed by atoms with Gasteiger partial charge in [0.05, 0.1) is 0 Å². The molecule has 1 fully saturated rings. The Morgan fingerprint density at radius 2 is 2.11 bits per heavy atom. The lowest BCUT2D eigenvalue weighted by molar-refractivity contribution is 0.660. The van der Waals surface area contributed by atoms with Gasteiger partial charge >= 0.3 is 0 Å². The van der Waals surface area contributed by atoms with E-state index in [4.69, 9.17) is 5.73 Å². The lowest BCUT2D eigenvalue weighted by atomic mass is 10.0. The molecule has 1 aliphatic rings. The lowest BCUT2D eigenvalue weighted by Crippen LogP contribution is -2.34.